The van der Waals surface area contributed by atoms with Gasteiger partial charge in [-0.15, -0.1) is 11.3 Å². The average molecular weight is 497 g/mol. The van der Waals surface area contributed by atoms with Crippen LogP contribution >= 0.6 is 11.3 Å². The lowest BCUT2D eigenvalue weighted by Crippen LogP contribution is -2.43. The molecule has 1 atom stereocenters. The van der Waals surface area contributed by atoms with Crippen LogP contribution in [0.3, 0.4) is 0 Å². The van der Waals surface area contributed by atoms with Crippen LogP contribution in [0.2, 0.25) is 0 Å². The van der Waals surface area contributed by atoms with Crippen LogP contribution in [-0.4, -0.2) is 49.1 Å². The number of hydrogen-bond acceptors (Lipinski definition) is 7. The van der Waals surface area contributed by atoms with E-state index in [4.69, 9.17) is 10.8 Å². The Bertz CT molecular complexity index is 1100. The minimum absolute atomic E-state index is 0.0523. The first-order valence-electron chi connectivity index (χ1n) is 10.1. The molecule has 0 radical (unpaired) electrons. The molecule has 13 heteroatoms. The van der Waals surface area contributed by atoms with Crippen molar-refractivity contribution in [3.8, 4) is 0 Å². The number of carboxylic acid groups (broad SMARTS) is 1. The van der Waals surface area contributed by atoms with Gasteiger partial charge in [0, 0.05) is 17.6 Å². The third-order valence-electron chi connectivity index (χ3n) is 4.44. The number of nitrogens with zero attached hydrogens (tertiary/aromatic N) is 2. The van der Waals surface area contributed by atoms with Crippen molar-refractivity contribution in [3.05, 3.63) is 40.9 Å². The first-order chi connectivity index (χ1) is 15.5. The van der Waals surface area contributed by atoms with Gasteiger partial charge in [0.05, 0.1) is 4.90 Å². The molecule has 2 amide bonds. The third-order valence-corrected chi connectivity index (χ3v) is 7.02. The van der Waals surface area contributed by atoms with Crippen molar-refractivity contribution in [2.45, 2.75) is 50.5 Å². The number of nitrogens with one attached hydrogen (secondary N) is 3. The van der Waals surface area contributed by atoms with E-state index in [0.717, 1.165) is 10.4 Å². The number of amides is 2. The summed E-state index contributed by atoms with van der Waals surface area (Å²) in [5.41, 5.74) is 6.59. The van der Waals surface area contributed by atoms with E-state index in [1.807, 2.05) is 20.8 Å². The SMILES string of the molecule is Cc1ccc(S(=O)(=O)NC(N)=NCCCC(NC(=O)O)C(=O)Nc2ncc(C(C)C)s2)cc1. The molecule has 1 aromatic heterocycles. The van der Waals surface area contributed by atoms with Crippen LogP contribution in [0, 0.1) is 6.92 Å². The molecule has 0 aliphatic carbocycles. The van der Waals surface area contributed by atoms with Crippen LogP contribution < -0.4 is 21.1 Å². The van der Waals surface area contributed by atoms with Crippen molar-refractivity contribution in [1.29, 1.82) is 0 Å². The van der Waals surface area contributed by atoms with Gasteiger partial charge in [-0.3, -0.25) is 9.79 Å². The lowest BCUT2D eigenvalue weighted by Gasteiger charge is -2.15. The topological polar surface area (TPSA) is 176 Å². The minimum Gasteiger partial charge on any atom is -0.465 e. The number of aliphatic imine (C=N–C) groups is 1. The maximum atomic E-state index is 12.5. The normalized spacial score (nSPS) is 12.9. The van der Waals surface area contributed by atoms with Crippen molar-refractivity contribution in [2.24, 2.45) is 10.7 Å². The van der Waals surface area contributed by atoms with Gasteiger partial charge in [-0.25, -0.2) is 22.9 Å². The standard InChI is InChI=1S/C20H28N6O5S2/c1-12(2)16-11-23-19(32-16)25-17(27)15(24-20(28)29)5-4-10-22-18(21)26-33(30,31)14-8-6-13(3)7-9-14/h6-9,11-12,15,24H,4-5,10H2,1-3H3,(H,28,29)(H3,21,22,26)(H,23,25,27). The molecule has 1 heterocycles. The zero-order chi connectivity index (χ0) is 24.6. The number of thiazole rings is 1. The smallest absolute Gasteiger partial charge is 0.405 e. The van der Waals surface area contributed by atoms with Crippen LogP contribution in [0.5, 0.6) is 0 Å². The summed E-state index contributed by atoms with van der Waals surface area (Å²) in [5.74, 6) is -0.585. The van der Waals surface area contributed by atoms with Crippen LogP contribution in [-0.2, 0) is 14.8 Å². The molecule has 33 heavy (non-hydrogen) atoms. The highest BCUT2D eigenvalue weighted by Crippen LogP contribution is 2.25. The molecule has 180 valence electrons. The molecule has 1 aromatic carbocycles. The maximum Gasteiger partial charge on any atom is 0.405 e. The van der Waals surface area contributed by atoms with E-state index in [9.17, 15) is 18.0 Å². The van der Waals surface area contributed by atoms with Crippen LogP contribution in [0.15, 0.2) is 40.4 Å². The van der Waals surface area contributed by atoms with E-state index in [2.05, 4.69) is 25.3 Å². The first-order valence-corrected chi connectivity index (χ1v) is 12.4. The number of aromatic nitrogens is 1. The Morgan fingerprint density at radius 1 is 1.24 bits per heavy atom. The van der Waals surface area contributed by atoms with Crippen molar-refractivity contribution in [3.63, 3.8) is 0 Å². The fourth-order valence-electron chi connectivity index (χ4n) is 2.66. The van der Waals surface area contributed by atoms with E-state index in [1.165, 1.54) is 23.5 Å². The van der Waals surface area contributed by atoms with Gasteiger partial charge >= 0.3 is 6.09 Å². The number of anilines is 1. The van der Waals surface area contributed by atoms with Crippen molar-refractivity contribution in [2.75, 3.05) is 11.9 Å². The van der Waals surface area contributed by atoms with E-state index in [-0.39, 0.29) is 36.2 Å². The number of nitrogens with two attached hydrogens (primary N) is 1. The van der Waals surface area contributed by atoms with Gasteiger partial charge in [-0.1, -0.05) is 31.5 Å². The maximum absolute atomic E-state index is 12.5. The molecule has 6 N–H and O–H groups in total. The predicted molar refractivity (Wildman–Crippen MR) is 127 cm³/mol. The number of hydrogen-bond donors (Lipinski definition) is 5. The minimum atomic E-state index is -3.86. The summed E-state index contributed by atoms with van der Waals surface area (Å²) in [7, 11) is -3.86. The molecule has 11 nitrogen and oxygen atoms in total. The van der Waals surface area contributed by atoms with Crippen LogP contribution in [0.4, 0.5) is 9.93 Å². The highest BCUT2D eigenvalue weighted by molar-refractivity contribution is 7.90. The van der Waals surface area contributed by atoms with Gasteiger partial charge < -0.3 is 21.5 Å². The second-order valence-corrected chi connectivity index (χ2v) is 10.3. The molecule has 1 unspecified atom stereocenters. The Hall–Kier alpha value is -3.19. The predicted octanol–water partition coefficient (Wildman–Crippen LogP) is 2.22. The second-order valence-electron chi connectivity index (χ2n) is 7.54. The number of carbonyl (C=O) groups is 2. The summed E-state index contributed by atoms with van der Waals surface area (Å²) in [6.45, 7) is 5.93. The van der Waals surface area contributed by atoms with Crippen LogP contribution in [0.1, 0.15) is 43.0 Å². The largest absolute Gasteiger partial charge is 0.465 e. The van der Waals surface area contributed by atoms with Gasteiger partial charge in [0.25, 0.3) is 10.0 Å². The van der Waals surface area contributed by atoms with E-state index in [0.29, 0.717) is 5.13 Å². The molecule has 0 fully saturated rings. The lowest BCUT2D eigenvalue weighted by molar-refractivity contribution is -0.118. The first kappa shape index (κ1) is 26.1. The fraction of sp³-hybridized carbons (Fsp3) is 0.400. The number of benzene rings is 1. The Labute approximate surface area is 196 Å². The monoisotopic (exact) mass is 496 g/mol. The summed E-state index contributed by atoms with van der Waals surface area (Å²) in [5, 5.41) is 14.2. The van der Waals surface area contributed by atoms with Crippen molar-refractivity contribution < 1.29 is 23.1 Å². The second kappa shape index (κ2) is 11.6. The fourth-order valence-corrected chi connectivity index (χ4v) is 4.44. The van der Waals surface area contributed by atoms with E-state index < -0.39 is 28.1 Å². The molecule has 0 saturated carbocycles. The molecule has 0 saturated heterocycles. The number of carbonyl (C=O) groups excluding carboxylic acids is 1. The average Bonchev–Trinajstić information content (AvgIpc) is 3.18. The molecule has 2 rings (SSSR count). The molecule has 2 aromatic rings. The van der Waals surface area contributed by atoms with Gasteiger partial charge in [-0.2, -0.15) is 0 Å². The summed E-state index contributed by atoms with van der Waals surface area (Å²) in [4.78, 5) is 32.7. The Morgan fingerprint density at radius 3 is 2.48 bits per heavy atom. The number of aryl methyl sites for hydroxylation is 1. The molecule has 0 bridgehead atoms. The summed E-state index contributed by atoms with van der Waals surface area (Å²) < 4.78 is 26.8. The van der Waals surface area contributed by atoms with Gasteiger partial charge in [0.15, 0.2) is 5.13 Å². The number of sulfonamides is 1. The summed E-state index contributed by atoms with van der Waals surface area (Å²) in [6, 6.07) is 5.21. The summed E-state index contributed by atoms with van der Waals surface area (Å²) in [6.07, 6.45) is 0.730. The van der Waals surface area contributed by atoms with E-state index >= 15 is 0 Å². The zero-order valence-electron chi connectivity index (χ0n) is 18.5. The van der Waals surface area contributed by atoms with Gasteiger partial charge in [0.2, 0.25) is 11.9 Å². The highest BCUT2D eigenvalue weighted by atomic mass is 32.2. The third kappa shape index (κ3) is 8.35. The Balaban J connectivity index is 1.91. The van der Waals surface area contributed by atoms with Crippen molar-refractivity contribution >= 4 is 44.5 Å². The molecular weight excluding hydrogens is 468 g/mol. The summed E-state index contributed by atoms with van der Waals surface area (Å²) >= 11 is 1.32. The zero-order valence-corrected chi connectivity index (χ0v) is 20.2. The van der Waals surface area contributed by atoms with Gasteiger partial charge in [0.1, 0.15) is 6.04 Å². The quantitative estimate of drug-likeness (QED) is 0.190. The lowest BCUT2D eigenvalue weighted by atomic mass is 10.1. The van der Waals surface area contributed by atoms with E-state index in [1.54, 1.807) is 18.3 Å². The van der Waals surface area contributed by atoms with Crippen LogP contribution in [0.25, 0.3) is 0 Å². The Morgan fingerprint density at radius 2 is 1.91 bits per heavy atom. The Kier molecular flexibility index (Phi) is 9.17. The number of rotatable bonds is 10. The highest BCUT2D eigenvalue weighted by Gasteiger charge is 2.21. The molecule has 0 aliphatic heterocycles. The molecular formula is C20H28N6O5S2. The molecule has 0 spiro atoms. The van der Waals surface area contributed by atoms with Gasteiger partial charge in [-0.05, 0) is 37.8 Å². The number of guanidine groups is 1. The molecule has 0 aliphatic rings. The van der Waals surface area contributed by atoms with Crippen molar-refractivity contribution in [1.82, 2.24) is 15.0 Å².